The summed E-state index contributed by atoms with van der Waals surface area (Å²) in [6, 6.07) is 7.31. The van der Waals surface area contributed by atoms with Crippen LogP contribution in [0.1, 0.15) is 18.3 Å². The predicted molar refractivity (Wildman–Crippen MR) is 72.7 cm³/mol. The Morgan fingerprint density at radius 3 is 2.90 bits per heavy atom. The molecule has 0 radical (unpaired) electrons. The summed E-state index contributed by atoms with van der Waals surface area (Å²) < 4.78 is 16.2. The van der Waals surface area contributed by atoms with Crippen LogP contribution in [-0.4, -0.2) is 16.8 Å². The normalized spacial score (nSPS) is 12.4. The van der Waals surface area contributed by atoms with E-state index in [2.05, 4.69) is 9.97 Å². The van der Waals surface area contributed by atoms with E-state index in [1.165, 1.54) is 0 Å². The maximum atomic E-state index is 5.71. The molecule has 1 aliphatic heterocycles. The lowest BCUT2D eigenvalue weighted by Gasteiger charge is -2.08. The number of fused-ring (bicyclic) bond motifs is 1. The highest BCUT2D eigenvalue weighted by Crippen LogP contribution is 2.32. The van der Waals surface area contributed by atoms with Crippen LogP contribution in [-0.2, 0) is 13.0 Å². The van der Waals surface area contributed by atoms with Crippen molar-refractivity contribution in [2.45, 2.75) is 20.0 Å². The third-order valence-corrected chi connectivity index (χ3v) is 2.91. The molecule has 104 valence electrons. The first-order valence-corrected chi connectivity index (χ1v) is 6.39. The minimum atomic E-state index is 0.266. The van der Waals surface area contributed by atoms with Crippen LogP contribution in [0.15, 0.2) is 24.3 Å². The monoisotopic (exact) mass is 273 g/mol. The zero-order chi connectivity index (χ0) is 13.9. The van der Waals surface area contributed by atoms with Crippen molar-refractivity contribution in [3.63, 3.8) is 0 Å². The van der Waals surface area contributed by atoms with E-state index in [0.29, 0.717) is 30.5 Å². The highest BCUT2D eigenvalue weighted by Gasteiger charge is 2.13. The average molecular weight is 273 g/mol. The second kappa shape index (κ2) is 5.24. The van der Waals surface area contributed by atoms with E-state index in [4.69, 9.17) is 19.9 Å². The molecule has 2 aromatic rings. The Kier molecular flexibility index (Phi) is 3.28. The van der Waals surface area contributed by atoms with E-state index >= 15 is 0 Å². The van der Waals surface area contributed by atoms with Gasteiger partial charge >= 0.3 is 0 Å². The maximum absolute atomic E-state index is 5.71. The van der Waals surface area contributed by atoms with Gasteiger partial charge < -0.3 is 19.9 Å². The van der Waals surface area contributed by atoms with E-state index in [9.17, 15) is 0 Å². The standard InChI is InChI=1S/C14H15N3O3/c1-2-13-16-12(15)6-14(17-13)18-7-9-3-4-10-11(5-9)20-8-19-10/h3-6H,2,7-8H2,1H3,(H2,15,16,17). The molecule has 6 nitrogen and oxygen atoms in total. The number of benzene rings is 1. The van der Waals surface area contributed by atoms with Crippen LogP contribution in [0, 0.1) is 0 Å². The molecule has 0 saturated heterocycles. The van der Waals surface area contributed by atoms with E-state index < -0.39 is 0 Å². The number of aryl methyl sites for hydroxylation is 1. The minimum absolute atomic E-state index is 0.266. The van der Waals surface area contributed by atoms with Gasteiger partial charge in [0.2, 0.25) is 12.7 Å². The molecule has 0 fully saturated rings. The van der Waals surface area contributed by atoms with Gasteiger partial charge in [-0.2, -0.15) is 4.98 Å². The van der Waals surface area contributed by atoms with E-state index in [0.717, 1.165) is 17.1 Å². The second-order valence-electron chi connectivity index (χ2n) is 4.38. The van der Waals surface area contributed by atoms with Crippen molar-refractivity contribution in [3.05, 3.63) is 35.7 Å². The first-order valence-electron chi connectivity index (χ1n) is 6.39. The lowest BCUT2D eigenvalue weighted by atomic mass is 10.2. The van der Waals surface area contributed by atoms with Crippen molar-refractivity contribution in [2.75, 3.05) is 12.5 Å². The molecule has 0 unspecified atom stereocenters. The Bertz CT molecular complexity index is 631. The molecular formula is C14H15N3O3. The largest absolute Gasteiger partial charge is 0.473 e. The van der Waals surface area contributed by atoms with Crippen molar-refractivity contribution in [1.82, 2.24) is 9.97 Å². The molecule has 1 aromatic heterocycles. The molecule has 1 aromatic carbocycles. The molecule has 2 heterocycles. The Balaban J connectivity index is 1.71. The van der Waals surface area contributed by atoms with Gasteiger partial charge in [0.25, 0.3) is 0 Å². The number of rotatable bonds is 4. The van der Waals surface area contributed by atoms with Crippen molar-refractivity contribution >= 4 is 5.82 Å². The van der Waals surface area contributed by atoms with Crippen LogP contribution in [0.3, 0.4) is 0 Å². The van der Waals surface area contributed by atoms with E-state index in [1.54, 1.807) is 6.07 Å². The number of hydrogen-bond donors (Lipinski definition) is 1. The molecule has 0 spiro atoms. The lowest BCUT2D eigenvalue weighted by molar-refractivity contribution is 0.174. The molecule has 0 bridgehead atoms. The van der Waals surface area contributed by atoms with Gasteiger partial charge in [0.05, 0.1) is 0 Å². The fraction of sp³-hybridized carbons (Fsp3) is 0.286. The van der Waals surface area contributed by atoms with Gasteiger partial charge in [0.1, 0.15) is 18.2 Å². The SMILES string of the molecule is CCc1nc(N)cc(OCc2ccc3c(c2)OCO3)n1. The Hall–Kier alpha value is -2.50. The molecule has 20 heavy (non-hydrogen) atoms. The van der Waals surface area contributed by atoms with Crippen LogP contribution < -0.4 is 19.9 Å². The number of nitrogens with two attached hydrogens (primary N) is 1. The number of nitrogens with zero attached hydrogens (tertiary/aromatic N) is 2. The van der Waals surface area contributed by atoms with Crippen LogP contribution in [0.5, 0.6) is 17.4 Å². The molecular weight excluding hydrogens is 258 g/mol. The van der Waals surface area contributed by atoms with Crippen molar-refractivity contribution in [1.29, 1.82) is 0 Å². The minimum Gasteiger partial charge on any atom is -0.473 e. The number of hydrogen-bond acceptors (Lipinski definition) is 6. The lowest BCUT2D eigenvalue weighted by Crippen LogP contribution is -2.03. The van der Waals surface area contributed by atoms with E-state index in [1.807, 2.05) is 25.1 Å². The molecule has 0 atom stereocenters. The molecule has 3 rings (SSSR count). The molecule has 0 aliphatic carbocycles. The Morgan fingerprint density at radius 2 is 2.05 bits per heavy atom. The summed E-state index contributed by atoms with van der Waals surface area (Å²) in [5.41, 5.74) is 6.69. The molecule has 0 saturated carbocycles. The van der Waals surface area contributed by atoms with Crippen LogP contribution in [0.2, 0.25) is 0 Å². The van der Waals surface area contributed by atoms with Gasteiger partial charge in [-0.3, -0.25) is 0 Å². The van der Waals surface area contributed by atoms with Crippen molar-refractivity contribution < 1.29 is 14.2 Å². The van der Waals surface area contributed by atoms with E-state index in [-0.39, 0.29) is 6.79 Å². The summed E-state index contributed by atoms with van der Waals surface area (Å²) in [5, 5.41) is 0. The predicted octanol–water partition coefficient (Wildman–Crippen LogP) is 1.93. The molecule has 0 amide bonds. The van der Waals surface area contributed by atoms with Crippen LogP contribution in [0.4, 0.5) is 5.82 Å². The Labute approximate surface area is 116 Å². The molecule has 6 heteroatoms. The highest BCUT2D eigenvalue weighted by molar-refractivity contribution is 5.44. The number of anilines is 1. The van der Waals surface area contributed by atoms with Gasteiger partial charge in [-0.15, -0.1) is 0 Å². The molecule has 1 aliphatic rings. The number of nitrogen functional groups attached to an aromatic ring is 1. The second-order valence-corrected chi connectivity index (χ2v) is 4.38. The topological polar surface area (TPSA) is 79.5 Å². The van der Waals surface area contributed by atoms with Crippen LogP contribution in [0.25, 0.3) is 0 Å². The smallest absolute Gasteiger partial charge is 0.231 e. The third-order valence-electron chi connectivity index (χ3n) is 2.91. The highest BCUT2D eigenvalue weighted by atomic mass is 16.7. The zero-order valence-electron chi connectivity index (χ0n) is 11.1. The quantitative estimate of drug-likeness (QED) is 0.916. The van der Waals surface area contributed by atoms with Gasteiger partial charge in [0.15, 0.2) is 11.5 Å². The summed E-state index contributed by atoms with van der Waals surface area (Å²) in [5.74, 6) is 3.06. The first kappa shape index (κ1) is 12.5. The average Bonchev–Trinajstić information content (AvgIpc) is 2.92. The Morgan fingerprint density at radius 1 is 1.20 bits per heavy atom. The van der Waals surface area contributed by atoms with Gasteiger partial charge in [-0.05, 0) is 17.7 Å². The fourth-order valence-corrected chi connectivity index (χ4v) is 1.91. The number of aromatic nitrogens is 2. The van der Waals surface area contributed by atoms with Gasteiger partial charge in [-0.1, -0.05) is 13.0 Å². The zero-order valence-corrected chi connectivity index (χ0v) is 11.1. The van der Waals surface area contributed by atoms with Gasteiger partial charge in [-0.25, -0.2) is 4.98 Å². The fourth-order valence-electron chi connectivity index (χ4n) is 1.91. The van der Waals surface area contributed by atoms with Gasteiger partial charge in [0, 0.05) is 12.5 Å². The maximum Gasteiger partial charge on any atom is 0.231 e. The van der Waals surface area contributed by atoms with Crippen molar-refractivity contribution in [2.24, 2.45) is 0 Å². The first-order chi connectivity index (χ1) is 9.74. The summed E-state index contributed by atoms with van der Waals surface area (Å²) in [6.45, 7) is 2.62. The number of ether oxygens (including phenoxy) is 3. The summed E-state index contributed by atoms with van der Waals surface area (Å²) >= 11 is 0. The summed E-state index contributed by atoms with van der Waals surface area (Å²) in [7, 11) is 0. The molecule has 2 N–H and O–H groups in total. The summed E-state index contributed by atoms with van der Waals surface area (Å²) in [6.07, 6.45) is 0.714. The van der Waals surface area contributed by atoms with Crippen LogP contribution >= 0.6 is 0 Å². The van der Waals surface area contributed by atoms with Crippen molar-refractivity contribution in [3.8, 4) is 17.4 Å². The summed E-state index contributed by atoms with van der Waals surface area (Å²) in [4.78, 5) is 8.38. The third kappa shape index (κ3) is 2.59.